The van der Waals surface area contributed by atoms with Gasteiger partial charge in [0.15, 0.2) is 0 Å². The van der Waals surface area contributed by atoms with Crippen molar-refractivity contribution >= 4 is 21.8 Å². The summed E-state index contributed by atoms with van der Waals surface area (Å²) < 4.78 is 27.4. The zero-order chi connectivity index (χ0) is 13.0. The van der Waals surface area contributed by atoms with Crippen molar-refractivity contribution in [2.45, 2.75) is 30.3 Å². The number of hydrogen-bond acceptors (Lipinski definition) is 4. The molecule has 0 spiro atoms. The van der Waals surface area contributed by atoms with Crippen molar-refractivity contribution in [3.05, 3.63) is 29.8 Å². The number of nitrogens with one attached hydrogen (secondary N) is 1. The summed E-state index contributed by atoms with van der Waals surface area (Å²) in [5.74, 6) is 1.97. The molecule has 0 saturated carbocycles. The molecule has 2 rings (SSSR count). The monoisotopic (exact) mass is 286 g/mol. The Morgan fingerprint density at radius 1 is 1.39 bits per heavy atom. The second-order valence-corrected chi connectivity index (χ2v) is 7.18. The van der Waals surface area contributed by atoms with Gasteiger partial charge in [-0.2, -0.15) is 11.8 Å². The lowest BCUT2D eigenvalue weighted by atomic mass is 10.2. The highest BCUT2D eigenvalue weighted by molar-refractivity contribution is 7.99. The van der Waals surface area contributed by atoms with Crippen molar-refractivity contribution in [1.82, 2.24) is 4.72 Å². The number of benzene rings is 1. The first-order valence-corrected chi connectivity index (χ1v) is 8.65. The average molecular weight is 286 g/mol. The Labute approximate surface area is 112 Å². The average Bonchev–Trinajstić information content (AvgIpc) is 2.39. The summed E-state index contributed by atoms with van der Waals surface area (Å²) in [7, 11) is -3.45. The standard InChI is InChI=1S/C12H18N2O2S2/c13-8-10-4-1-2-6-12(10)18(15,16)14-11-5-3-7-17-9-11/h1-2,4,6,11,14H,3,5,7-9,13H2. The summed E-state index contributed by atoms with van der Waals surface area (Å²) in [6, 6.07) is 6.94. The third kappa shape index (κ3) is 3.26. The van der Waals surface area contributed by atoms with Gasteiger partial charge in [0.05, 0.1) is 4.90 Å². The van der Waals surface area contributed by atoms with Gasteiger partial charge in [-0.1, -0.05) is 18.2 Å². The number of nitrogens with two attached hydrogens (primary N) is 1. The van der Waals surface area contributed by atoms with Crippen molar-refractivity contribution in [1.29, 1.82) is 0 Å². The van der Waals surface area contributed by atoms with Crippen LogP contribution in [0.5, 0.6) is 0 Å². The SMILES string of the molecule is NCc1ccccc1S(=O)(=O)NC1CCCSC1. The van der Waals surface area contributed by atoms with E-state index in [1.54, 1.807) is 36.0 Å². The highest BCUT2D eigenvalue weighted by Crippen LogP contribution is 2.20. The molecule has 1 aliphatic heterocycles. The van der Waals surface area contributed by atoms with E-state index in [2.05, 4.69) is 4.72 Å². The molecule has 4 nitrogen and oxygen atoms in total. The smallest absolute Gasteiger partial charge is 0.241 e. The third-order valence-corrected chi connectivity index (χ3v) is 5.80. The van der Waals surface area contributed by atoms with Gasteiger partial charge >= 0.3 is 0 Å². The fourth-order valence-corrected chi connectivity index (χ4v) is 4.75. The largest absolute Gasteiger partial charge is 0.326 e. The topological polar surface area (TPSA) is 72.2 Å². The first kappa shape index (κ1) is 13.9. The van der Waals surface area contributed by atoms with E-state index in [4.69, 9.17) is 5.73 Å². The Hall–Kier alpha value is -0.560. The quantitative estimate of drug-likeness (QED) is 0.875. The highest BCUT2D eigenvalue weighted by Gasteiger charge is 2.23. The van der Waals surface area contributed by atoms with Gasteiger partial charge in [-0.05, 0) is 30.2 Å². The van der Waals surface area contributed by atoms with E-state index < -0.39 is 10.0 Å². The van der Waals surface area contributed by atoms with Gasteiger partial charge in [0.1, 0.15) is 0 Å². The van der Waals surface area contributed by atoms with E-state index in [9.17, 15) is 8.42 Å². The van der Waals surface area contributed by atoms with Crippen molar-refractivity contribution in [2.24, 2.45) is 5.73 Å². The van der Waals surface area contributed by atoms with Crippen LogP contribution in [-0.2, 0) is 16.6 Å². The van der Waals surface area contributed by atoms with Gasteiger partial charge in [-0.25, -0.2) is 13.1 Å². The zero-order valence-electron chi connectivity index (χ0n) is 10.1. The first-order chi connectivity index (χ1) is 8.63. The highest BCUT2D eigenvalue weighted by atomic mass is 32.2. The van der Waals surface area contributed by atoms with Crippen molar-refractivity contribution in [3.63, 3.8) is 0 Å². The molecule has 1 atom stereocenters. The van der Waals surface area contributed by atoms with E-state index in [0.29, 0.717) is 10.5 Å². The van der Waals surface area contributed by atoms with E-state index >= 15 is 0 Å². The van der Waals surface area contributed by atoms with Crippen molar-refractivity contribution < 1.29 is 8.42 Å². The Balaban J connectivity index is 2.19. The molecule has 0 radical (unpaired) electrons. The van der Waals surface area contributed by atoms with Crippen LogP contribution in [0.4, 0.5) is 0 Å². The minimum Gasteiger partial charge on any atom is -0.326 e. The number of thioether (sulfide) groups is 1. The molecule has 1 aromatic rings. The summed E-state index contributed by atoms with van der Waals surface area (Å²) in [5, 5.41) is 0. The molecule has 1 heterocycles. The molecule has 6 heteroatoms. The van der Waals surface area contributed by atoms with Crippen LogP contribution in [0.1, 0.15) is 18.4 Å². The number of sulfonamides is 1. The first-order valence-electron chi connectivity index (χ1n) is 6.01. The molecule has 100 valence electrons. The van der Waals surface area contributed by atoms with Crippen LogP contribution in [0.15, 0.2) is 29.2 Å². The Morgan fingerprint density at radius 2 is 2.17 bits per heavy atom. The molecule has 1 fully saturated rings. The van der Waals surface area contributed by atoms with Crippen LogP contribution in [0, 0.1) is 0 Å². The predicted octanol–water partition coefficient (Wildman–Crippen LogP) is 1.32. The van der Waals surface area contributed by atoms with Crippen molar-refractivity contribution in [2.75, 3.05) is 11.5 Å². The molecule has 0 amide bonds. The molecular weight excluding hydrogens is 268 g/mol. The molecule has 1 aromatic carbocycles. The zero-order valence-corrected chi connectivity index (χ0v) is 11.8. The lowest BCUT2D eigenvalue weighted by Crippen LogP contribution is -2.38. The van der Waals surface area contributed by atoms with Crippen LogP contribution >= 0.6 is 11.8 Å². The lowest BCUT2D eigenvalue weighted by molar-refractivity contribution is 0.542. The third-order valence-electron chi connectivity index (χ3n) is 2.96. The van der Waals surface area contributed by atoms with Crippen LogP contribution in [0.2, 0.25) is 0 Å². The van der Waals surface area contributed by atoms with E-state index in [1.807, 2.05) is 0 Å². The summed E-state index contributed by atoms with van der Waals surface area (Å²) in [6.07, 6.45) is 1.98. The van der Waals surface area contributed by atoms with Gasteiger partial charge in [-0.15, -0.1) is 0 Å². The second kappa shape index (κ2) is 6.06. The number of hydrogen-bond donors (Lipinski definition) is 2. The molecule has 1 saturated heterocycles. The number of rotatable bonds is 4. The van der Waals surface area contributed by atoms with Gasteiger partial charge in [0.25, 0.3) is 0 Å². The maximum Gasteiger partial charge on any atom is 0.241 e. The van der Waals surface area contributed by atoms with E-state index in [-0.39, 0.29) is 12.6 Å². The molecule has 18 heavy (non-hydrogen) atoms. The molecule has 3 N–H and O–H groups in total. The summed E-state index contributed by atoms with van der Waals surface area (Å²) in [6.45, 7) is 0.233. The Morgan fingerprint density at radius 3 is 2.83 bits per heavy atom. The van der Waals surface area contributed by atoms with E-state index in [0.717, 1.165) is 24.3 Å². The van der Waals surface area contributed by atoms with Crippen LogP contribution < -0.4 is 10.5 Å². The van der Waals surface area contributed by atoms with Gasteiger partial charge in [0.2, 0.25) is 10.0 Å². The minimum absolute atomic E-state index is 0.0413. The molecule has 0 aromatic heterocycles. The molecule has 1 aliphatic rings. The van der Waals surface area contributed by atoms with Gasteiger partial charge in [-0.3, -0.25) is 0 Å². The Bertz CT molecular complexity index is 497. The Kier molecular flexibility index (Phi) is 4.66. The normalized spacial score (nSPS) is 20.8. The lowest BCUT2D eigenvalue weighted by Gasteiger charge is -2.22. The van der Waals surface area contributed by atoms with Crippen LogP contribution in [0.3, 0.4) is 0 Å². The van der Waals surface area contributed by atoms with E-state index in [1.165, 1.54) is 0 Å². The summed E-state index contributed by atoms with van der Waals surface area (Å²) in [5.41, 5.74) is 6.24. The second-order valence-electron chi connectivity index (χ2n) is 4.35. The van der Waals surface area contributed by atoms with Gasteiger partial charge < -0.3 is 5.73 Å². The fraction of sp³-hybridized carbons (Fsp3) is 0.500. The summed E-state index contributed by atoms with van der Waals surface area (Å²) >= 11 is 1.80. The molecule has 1 unspecified atom stereocenters. The van der Waals surface area contributed by atoms with Crippen molar-refractivity contribution in [3.8, 4) is 0 Å². The fourth-order valence-electron chi connectivity index (χ4n) is 2.05. The maximum atomic E-state index is 12.3. The molecular formula is C12H18N2O2S2. The molecule has 0 bridgehead atoms. The maximum absolute atomic E-state index is 12.3. The predicted molar refractivity (Wildman–Crippen MR) is 75.0 cm³/mol. The molecule has 0 aliphatic carbocycles. The van der Waals surface area contributed by atoms with Gasteiger partial charge in [0, 0.05) is 18.3 Å². The summed E-state index contributed by atoms with van der Waals surface area (Å²) in [4.78, 5) is 0.308. The van der Waals surface area contributed by atoms with Crippen LogP contribution in [-0.4, -0.2) is 26.0 Å². The minimum atomic E-state index is -3.45. The van der Waals surface area contributed by atoms with Crippen LogP contribution in [0.25, 0.3) is 0 Å².